The monoisotopic (exact) mass is 220 g/mol. The Labute approximate surface area is 86.8 Å². The third-order valence-electron chi connectivity index (χ3n) is 1.76. The normalized spacial score (nSPS) is 11.4. The van der Waals surface area contributed by atoms with Crippen molar-refractivity contribution in [3.05, 3.63) is 0 Å². The predicted octanol–water partition coefficient (Wildman–Crippen LogP) is 1.69. The van der Waals surface area contributed by atoms with E-state index in [9.17, 15) is 4.79 Å². The van der Waals surface area contributed by atoms with Crippen LogP contribution in [0.3, 0.4) is 0 Å². The third-order valence-corrected chi connectivity index (χ3v) is 4.67. The smallest absolute Gasteiger partial charge is 0.338 e. The Hall–Kier alpha value is -0.393. The summed E-state index contributed by atoms with van der Waals surface area (Å²) in [5.74, 6) is -0.255. The molecule has 0 aliphatic carbocycles. The maximum absolute atomic E-state index is 10.6. The van der Waals surface area contributed by atoms with Gasteiger partial charge < -0.3 is 13.6 Å². The lowest BCUT2D eigenvalue weighted by Crippen LogP contribution is -2.40. The highest BCUT2D eigenvalue weighted by atomic mass is 28.4. The molecule has 0 aromatic rings. The maximum atomic E-state index is 10.6. The average Bonchev–Trinajstić information content (AvgIpc) is 2.03. The molecule has 0 saturated heterocycles. The molecular weight excluding hydrogens is 200 g/mol. The third kappa shape index (κ3) is 6.12. The molecule has 0 aromatic heterocycles. The summed E-state index contributed by atoms with van der Waals surface area (Å²) in [6, 6.07) is 0.689. The molecule has 0 aliphatic heterocycles. The molecule has 5 heteroatoms. The minimum Gasteiger partial charge on any atom is -0.466 e. The summed E-state index contributed by atoms with van der Waals surface area (Å²) in [5, 5.41) is 0. The Morgan fingerprint density at radius 1 is 1.21 bits per heavy atom. The van der Waals surface area contributed by atoms with Gasteiger partial charge >= 0.3 is 14.5 Å². The number of rotatable bonds is 7. The quantitative estimate of drug-likeness (QED) is 0.484. The van der Waals surface area contributed by atoms with Crippen LogP contribution in [0.5, 0.6) is 0 Å². The van der Waals surface area contributed by atoms with Crippen molar-refractivity contribution >= 4 is 14.5 Å². The molecule has 0 spiro atoms. The van der Waals surface area contributed by atoms with Crippen molar-refractivity contribution in [2.45, 2.75) is 33.4 Å². The number of hydrogen-bond donors (Lipinski definition) is 0. The second-order valence-electron chi connectivity index (χ2n) is 3.09. The molecule has 0 aliphatic rings. The van der Waals surface area contributed by atoms with E-state index in [0.717, 1.165) is 0 Å². The lowest BCUT2D eigenvalue weighted by molar-refractivity contribution is -0.140. The molecule has 4 nitrogen and oxygen atoms in total. The van der Waals surface area contributed by atoms with Crippen molar-refractivity contribution < 1.29 is 18.4 Å². The zero-order chi connectivity index (χ0) is 11.0. The van der Waals surface area contributed by atoms with Crippen LogP contribution < -0.4 is 0 Å². The number of carbonyl (C=O) groups is 1. The van der Waals surface area contributed by atoms with E-state index in [2.05, 4.69) is 0 Å². The molecule has 0 saturated carbocycles. The fourth-order valence-corrected chi connectivity index (χ4v) is 3.24. The van der Waals surface area contributed by atoms with Crippen LogP contribution in [0.2, 0.25) is 12.6 Å². The van der Waals surface area contributed by atoms with Gasteiger partial charge in [0.1, 0.15) is 0 Å². The van der Waals surface area contributed by atoms with Crippen LogP contribution in [0.4, 0.5) is 0 Å². The van der Waals surface area contributed by atoms with Gasteiger partial charge in [-0.3, -0.25) is 4.79 Å². The fourth-order valence-electron chi connectivity index (χ4n) is 1.18. The molecule has 0 N–H and O–H groups in total. The van der Waals surface area contributed by atoms with Crippen molar-refractivity contribution in [1.29, 1.82) is 0 Å². The van der Waals surface area contributed by atoms with Gasteiger partial charge in [0.2, 0.25) is 0 Å². The van der Waals surface area contributed by atoms with Gasteiger partial charge in [-0.05, 0) is 20.4 Å². The highest BCUT2D eigenvalue weighted by molar-refractivity contribution is 6.66. The lowest BCUT2D eigenvalue weighted by atomic mass is 10.8. The first-order chi connectivity index (χ1) is 6.54. The molecule has 0 unspecified atom stereocenters. The topological polar surface area (TPSA) is 44.8 Å². The molecule has 84 valence electrons. The molecule has 0 bridgehead atoms. The van der Waals surface area contributed by atoms with E-state index in [1.54, 1.807) is 0 Å². The molecule has 0 heterocycles. The van der Waals surface area contributed by atoms with Gasteiger partial charge in [-0.1, -0.05) is 0 Å². The van der Waals surface area contributed by atoms with E-state index in [0.29, 0.717) is 25.9 Å². The Kier molecular flexibility index (Phi) is 6.78. The van der Waals surface area contributed by atoms with E-state index in [4.69, 9.17) is 13.6 Å². The molecule has 14 heavy (non-hydrogen) atoms. The van der Waals surface area contributed by atoms with Gasteiger partial charge in [0.05, 0.1) is 6.61 Å². The SMILES string of the molecule is CCO[Si](C)(CCOC(C)=O)OCC. The maximum Gasteiger partial charge on any atom is 0.338 e. The van der Waals surface area contributed by atoms with E-state index in [1.807, 2.05) is 20.4 Å². The summed E-state index contributed by atoms with van der Waals surface area (Å²) in [5.41, 5.74) is 0. The molecule has 0 amide bonds. The number of ether oxygens (including phenoxy) is 1. The van der Waals surface area contributed by atoms with E-state index >= 15 is 0 Å². The van der Waals surface area contributed by atoms with Gasteiger partial charge in [-0.2, -0.15) is 0 Å². The second kappa shape index (κ2) is 6.97. The Bertz CT molecular complexity index is 166. The number of carbonyl (C=O) groups excluding carboxylic acids is 1. The standard InChI is InChI=1S/C9H20O4Si/c1-5-12-14(4,13-6-2)8-7-11-9(3)10/h5-8H2,1-4H3. The summed E-state index contributed by atoms with van der Waals surface area (Å²) in [4.78, 5) is 10.6. The van der Waals surface area contributed by atoms with E-state index in [1.165, 1.54) is 6.92 Å². The highest BCUT2D eigenvalue weighted by Crippen LogP contribution is 2.13. The van der Waals surface area contributed by atoms with Crippen molar-refractivity contribution in [3.63, 3.8) is 0 Å². The number of hydrogen-bond acceptors (Lipinski definition) is 4. The first-order valence-electron chi connectivity index (χ1n) is 4.95. The Balaban J connectivity index is 3.88. The van der Waals surface area contributed by atoms with E-state index in [-0.39, 0.29) is 5.97 Å². The number of esters is 1. The molecule has 0 atom stereocenters. The van der Waals surface area contributed by atoms with Crippen molar-refractivity contribution in [1.82, 2.24) is 0 Å². The minimum atomic E-state index is -2.09. The van der Waals surface area contributed by atoms with E-state index < -0.39 is 8.56 Å². The molecule has 0 aromatic carbocycles. The largest absolute Gasteiger partial charge is 0.466 e. The lowest BCUT2D eigenvalue weighted by Gasteiger charge is -2.25. The second-order valence-corrected chi connectivity index (χ2v) is 6.43. The molecule has 0 rings (SSSR count). The van der Waals surface area contributed by atoms with Gasteiger partial charge in [0, 0.05) is 26.2 Å². The van der Waals surface area contributed by atoms with Crippen molar-refractivity contribution in [2.75, 3.05) is 19.8 Å². The molecular formula is C9H20O4Si. The Morgan fingerprint density at radius 3 is 2.07 bits per heavy atom. The first-order valence-corrected chi connectivity index (χ1v) is 7.47. The molecule has 0 fully saturated rings. The fraction of sp³-hybridized carbons (Fsp3) is 0.889. The Morgan fingerprint density at radius 2 is 1.71 bits per heavy atom. The minimum absolute atomic E-state index is 0.255. The van der Waals surface area contributed by atoms with Crippen LogP contribution in [0, 0.1) is 0 Å². The van der Waals surface area contributed by atoms with Crippen LogP contribution in [0.15, 0.2) is 0 Å². The van der Waals surface area contributed by atoms with Crippen LogP contribution in [0.25, 0.3) is 0 Å². The van der Waals surface area contributed by atoms with Crippen LogP contribution in [-0.2, 0) is 18.4 Å². The van der Waals surface area contributed by atoms with Gasteiger partial charge in [0.25, 0.3) is 0 Å². The predicted molar refractivity (Wildman–Crippen MR) is 56.3 cm³/mol. The zero-order valence-electron chi connectivity index (χ0n) is 9.46. The zero-order valence-corrected chi connectivity index (χ0v) is 10.5. The van der Waals surface area contributed by atoms with Gasteiger partial charge in [-0.15, -0.1) is 0 Å². The summed E-state index contributed by atoms with van der Waals surface area (Å²) in [6.45, 7) is 8.94. The van der Waals surface area contributed by atoms with Crippen molar-refractivity contribution in [3.8, 4) is 0 Å². The summed E-state index contributed by atoms with van der Waals surface area (Å²) in [6.07, 6.45) is 0. The summed E-state index contributed by atoms with van der Waals surface area (Å²) >= 11 is 0. The van der Waals surface area contributed by atoms with Crippen molar-refractivity contribution in [2.24, 2.45) is 0 Å². The van der Waals surface area contributed by atoms with Gasteiger partial charge in [-0.25, -0.2) is 0 Å². The average molecular weight is 220 g/mol. The van der Waals surface area contributed by atoms with Crippen LogP contribution >= 0.6 is 0 Å². The first kappa shape index (κ1) is 13.6. The summed E-state index contributed by atoms with van der Waals surface area (Å²) in [7, 11) is -2.09. The highest BCUT2D eigenvalue weighted by Gasteiger charge is 2.30. The molecule has 0 radical (unpaired) electrons. The van der Waals surface area contributed by atoms with Crippen LogP contribution in [-0.4, -0.2) is 34.4 Å². The summed E-state index contributed by atoms with van der Waals surface area (Å²) < 4.78 is 16.0. The van der Waals surface area contributed by atoms with Gasteiger partial charge in [0.15, 0.2) is 0 Å². The van der Waals surface area contributed by atoms with Crippen LogP contribution in [0.1, 0.15) is 20.8 Å².